The van der Waals surface area contributed by atoms with Gasteiger partial charge in [0.15, 0.2) is 0 Å². The van der Waals surface area contributed by atoms with E-state index in [-0.39, 0.29) is 0 Å². The normalized spacial score (nSPS) is 37.2. The average molecular weight is 241 g/mol. The molecule has 2 rings (SSSR count). The number of ether oxygens (including phenoxy) is 1. The quantitative estimate of drug-likeness (QED) is 0.775. The number of likely N-dealkylation sites (N-methyl/N-ethyl adjacent to an activating group) is 1. The first-order valence-electron chi connectivity index (χ1n) is 6.99. The topological polar surface area (TPSA) is 41.7 Å². The molecule has 2 saturated heterocycles. The number of rotatable bonds is 3. The van der Waals surface area contributed by atoms with Gasteiger partial charge in [0.1, 0.15) is 0 Å². The Hall–Kier alpha value is -0.160. The predicted octanol–water partition coefficient (Wildman–Crippen LogP) is 0.376. The minimum Gasteiger partial charge on any atom is -0.374 e. The van der Waals surface area contributed by atoms with E-state index in [9.17, 15) is 0 Å². The lowest BCUT2D eigenvalue weighted by atomic mass is 9.96. The van der Waals surface area contributed by atoms with Gasteiger partial charge in [-0.15, -0.1) is 0 Å². The van der Waals surface area contributed by atoms with Crippen LogP contribution in [0.2, 0.25) is 0 Å². The highest BCUT2D eigenvalue weighted by atomic mass is 16.5. The third-order valence-corrected chi connectivity index (χ3v) is 3.90. The van der Waals surface area contributed by atoms with E-state index in [1.54, 1.807) is 0 Å². The van der Waals surface area contributed by atoms with Crippen LogP contribution in [-0.4, -0.2) is 67.8 Å². The van der Waals surface area contributed by atoms with Gasteiger partial charge in [-0.05, 0) is 18.9 Å². The number of nitrogens with two attached hydrogens (primary N) is 1. The SMILES string of the molecule is CCN1CCOC(CN2CC(C)CC(N)C2)C1. The van der Waals surface area contributed by atoms with Crippen LogP contribution in [0.5, 0.6) is 0 Å². The Morgan fingerprint density at radius 2 is 2.06 bits per heavy atom. The minimum atomic E-state index is 0.351. The second-order valence-corrected chi connectivity index (χ2v) is 5.71. The summed E-state index contributed by atoms with van der Waals surface area (Å²) < 4.78 is 5.86. The van der Waals surface area contributed by atoms with Gasteiger partial charge in [-0.2, -0.15) is 0 Å². The van der Waals surface area contributed by atoms with Crippen molar-refractivity contribution in [1.29, 1.82) is 0 Å². The highest BCUT2D eigenvalue weighted by molar-refractivity contribution is 4.82. The molecule has 100 valence electrons. The molecule has 0 aromatic carbocycles. The second-order valence-electron chi connectivity index (χ2n) is 5.71. The maximum atomic E-state index is 6.08. The fraction of sp³-hybridized carbons (Fsp3) is 1.00. The first-order chi connectivity index (χ1) is 8.17. The van der Waals surface area contributed by atoms with Crippen LogP contribution in [-0.2, 0) is 4.74 Å². The molecule has 4 heteroatoms. The molecule has 2 aliphatic rings. The van der Waals surface area contributed by atoms with Gasteiger partial charge in [-0.1, -0.05) is 13.8 Å². The largest absolute Gasteiger partial charge is 0.374 e. The molecule has 4 nitrogen and oxygen atoms in total. The molecule has 17 heavy (non-hydrogen) atoms. The molecular formula is C13H27N3O. The number of likely N-dealkylation sites (tertiary alicyclic amines) is 1. The maximum absolute atomic E-state index is 6.08. The Balaban J connectivity index is 1.79. The van der Waals surface area contributed by atoms with Crippen molar-refractivity contribution in [3.63, 3.8) is 0 Å². The zero-order chi connectivity index (χ0) is 12.3. The van der Waals surface area contributed by atoms with Gasteiger partial charge in [0.2, 0.25) is 0 Å². The number of hydrogen-bond donors (Lipinski definition) is 1. The zero-order valence-electron chi connectivity index (χ0n) is 11.3. The molecule has 0 aliphatic carbocycles. The standard InChI is InChI=1S/C13H27N3O/c1-3-15-4-5-17-13(9-15)10-16-7-11(2)6-12(14)8-16/h11-13H,3-10,14H2,1-2H3. The molecule has 3 atom stereocenters. The lowest BCUT2D eigenvalue weighted by Crippen LogP contribution is -2.52. The third kappa shape index (κ3) is 3.91. The van der Waals surface area contributed by atoms with Crippen LogP contribution < -0.4 is 5.73 Å². The molecule has 2 fully saturated rings. The molecule has 0 saturated carbocycles. The Kier molecular flexibility index (Phi) is 4.79. The van der Waals surface area contributed by atoms with Crippen LogP contribution >= 0.6 is 0 Å². The van der Waals surface area contributed by atoms with Crippen LogP contribution in [0.15, 0.2) is 0 Å². The Labute approximate surface area is 105 Å². The predicted molar refractivity (Wildman–Crippen MR) is 70.1 cm³/mol. The van der Waals surface area contributed by atoms with E-state index in [1.165, 1.54) is 13.0 Å². The lowest BCUT2D eigenvalue weighted by Gasteiger charge is -2.39. The monoisotopic (exact) mass is 241 g/mol. The van der Waals surface area contributed by atoms with Crippen molar-refractivity contribution in [2.24, 2.45) is 11.7 Å². The van der Waals surface area contributed by atoms with E-state index in [0.29, 0.717) is 12.1 Å². The Morgan fingerprint density at radius 3 is 2.76 bits per heavy atom. The van der Waals surface area contributed by atoms with E-state index in [2.05, 4.69) is 23.6 Å². The first kappa shape index (κ1) is 13.3. The van der Waals surface area contributed by atoms with Crippen molar-refractivity contribution in [2.45, 2.75) is 32.4 Å². The number of morpholine rings is 1. The fourth-order valence-electron chi connectivity index (χ4n) is 3.13. The lowest BCUT2D eigenvalue weighted by molar-refractivity contribution is -0.0467. The molecular weight excluding hydrogens is 214 g/mol. The highest BCUT2D eigenvalue weighted by Gasteiger charge is 2.26. The van der Waals surface area contributed by atoms with Crippen LogP contribution in [0.1, 0.15) is 20.3 Å². The average Bonchev–Trinajstić information content (AvgIpc) is 2.28. The van der Waals surface area contributed by atoms with Crippen LogP contribution in [0.25, 0.3) is 0 Å². The maximum Gasteiger partial charge on any atom is 0.0829 e. The van der Waals surface area contributed by atoms with Gasteiger partial charge >= 0.3 is 0 Å². The molecule has 0 aromatic rings. The Bertz CT molecular complexity index is 227. The summed E-state index contributed by atoms with van der Waals surface area (Å²) in [5.74, 6) is 0.726. The van der Waals surface area contributed by atoms with E-state index in [0.717, 1.165) is 45.2 Å². The second kappa shape index (κ2) is 6.14. The van der Waals surface area contributed by atoms with E-state index >= 15 is 0 Å². The van der Waals surface area contributed by atoms with Crippen molar-refractivity contribution < 1.29 is 4.74 Å². The van der Waals surface area contributed by atoms with Crippen molar-refractivity contribution in [2.75, 3.05) is 45.9 Å². The molecule has 0 aromatic heterocycles. The van der Waals surface area contributed by atoms with Crippen molar-refractivity contribution in [3.8, 4) is 0 Å². The fourth-order valence-corrected chi connectivity index (χ4v) is 3.13. The van der Waals surface area contributed by atoms with Gasteiger partial charge in [-0.3, -0.25) is 9.80 Å². The summed E-state index contributed by atoms with van der Waals surface area (Å²) in [7, 11) is 0. The van der Waals surface area contributed by atoms with Gasteiger partial charge in [0.05, 0.1) is 12.7 Å². The molecule has 3 unspecified atom stereocenters. The first-order valence-corrected chi connectivity index (χ1v) is 6.99. The molecule has 0 bridgehead atoms. The molecule has 2 N–H and O–H groups in total. The molecule has 0 radical (unpaired) electrons. The molecule has 0 amide bonds. The summed E-state index contributed by atoms with van der Waals surface area (Å²) in [6, 6.07) is 0.351. The summed E-state index contributed by atoms with van der Waals surface area (Å²) in [6.45, 7) is 12.0. The van der Waals surface area contributed by atoms with Gasteiger partial charge in [0.25, 0.3) is 0 Å². The number of hydrogen-bond acceptors (Lipinski definition) is 4. The summed E-state index contributed by atoms with van der Waals surface area (Å²) in [6.07, 6.45) is 1.55. The van der Waals surface area contributed by atoms with Gasteiger partial charge in [-0.25, -0.2) is 0 Å². The van der Waals surface area contributed by atoms with E-state index < -0.39 is 0 Å². The number of nitrogens with zero attached hydrogens (tertiary/aromatic N) is 2. The van der Waals surface area contributed by atoms with Crippen molar-refractivity contribution in [1.82, 2.24) is 9.80 Å². The van der Waals surface area contributed by atoms with E-state index in [1.807, 2.05) is 0 Å². The highest BCUT2D eigenvalue weighted by Crippen LogP contribution is 2.16. The van der Waals surface area contributed by atoms with Crippen LogP contribution in [0, 0.1) is 5.92 Å². The summed E-state index contributed by atoms with van der Waals surface area (Å²) >= 11 is 0. The zero-order valence-corrected chi connectivity index (χ0v) is 11.3. The number of piperidine rings is 1. The summed E-state index contributed by atoms with van der Waals surface area (Å²) in [4.78, 5) is 4.96. The van der Waals surface area contributed by atoms with Gasteiger partial charge in [0, 0.05) is 38.8 Å². The molecule has 0 spiro atoms. The van der Waals surface area contributed by atoms with Crippen LogP contribution in [0.4, 0.5) is 0 Å². The minimum absolute atomic E-state index is 0.351. The smallest absolute Gasteiger partial charge is 0.0829 e. The van der Waals surface area contributed by atoms with E-state index in [4.69, 9.17) is 10.5 Å². The van der Waals surface area contributed by atoms with Gasteiger partial charge < -0.3 is 10.5 Å². The molecule has 2 heterocycles. The molecule has 2 aliphatic heterocycles. The van der Waals surface area contributed by atoms with Crippen molar-refractivity contribution in [3.05, 3.63) is 0 Å². The van der Waals surface area contributed by atoms with Crippen molar-refractivity contribution >= 4 is 0 Å². The Morgan fingerprint density at radius 1 is 1.24 bits per heavy atom. The van der Waals surface area contributed by atoms with Crippen LogP contribution in [0.3, 0.4) is 0 Å². The third-order valence-electron chi connectivity index (χ3n) is 3.90. The summed E-state index contributed by atoms with van der Waals surface area (Å²) in [5.41, 5.74) is 6.08. The summed E-state index contributed by atoms with van der Waals surface area (Å²) in [5, 5.41) is 0.